The Morgan fingerprint density at radius 1 is 1.62 bits per heavy atom. The van der Waals surface area contributed by atoms with E-state index in [0.29, 0.717) is 17.0 Å². The minimum absolute atomic E-state index is 0.0728. The lowest BCUT2D eigenvalue weighted by Crippen LogP contribution is -2.33. The summed E-state index contributed by atoms with van der Waals surface area (Å²) in [4.78, 5) is 36.4. The zero-order chi connectivity index (χ0) is 15.6. The van der Waals surface area contributed by atoms with Gasteiger partial charge >= 0.3 is 5.69 Å². The minimum Gasteiger partial charge on any atom is -0.411 e. The first kappa shape index (κ1) is 15.5. The number of hydrogen-bond donors (Lipinski definition) is 2. The first-order valence-electron chi connectivity index (χ1n) is 6.24. The smallest absolute Gasteiger partial charge is 0.330 e. The summed E-state index contributed by atoms with van der Waals surface area (Å²) in [7, 11) is 0. The number of rotatable bonds is 3. The van der Waals surface area contributed by atoms with Crippen LogP contribution in [0.3, 0.4) is 0 Å². The average molecular weight is 313 g/mol. The number of ether oxygens (including phenoxy) is 1. The van der Waals surface area contributed by atoms with Gasteiger partial charge in [-0.25, -0.2) is 4.79 Å². The van der Waals surface area contributed by atoms with Crippen molar-refractivity contribution in [3.8, 4) is 0 Å². The molecule has 0 saturated carbocycles. The molecule has 21 heavy (non-hydrogen) atoms. The standard InChI is InChI=1S/C12H15N3O5S/c1-6-4-15(12(18)13-11(6)17)10-3-8(14-19)9(20-10)5-21-7(2)16/h4,9-10,19H,3,5H2,1-2H3,(H,13,17,18). The van der Waals surface area contributed by atoms with Crippen molar-refractivity contribution in [2.24, 2.45) is 5.16 Å². The molecule has 0 aromatic carbocycles. The second-order valence-corrected chi connectivity index (χ2v) is 5.85. The molecule has 0 amide bonds. The number of H-pyrrole nitrogens is 1. The van der Waals surface area contributed by atoms with Crippen LogP contribution in [0.1, 0.15) is 25.1 Å². The van der Waals surface area contributed by atoms with E-state index < -0.39 is 23.6 Å². The van der Waals surface area contributed by atoms with Gasteiger partial charge in [0.25, 0.3) is 5.56 Å². The number of aromatic amines is 1. The number of carbonyl (C=O) groups excluding carboxylic acids is 1. The van der Waals surface area contributed by atoms with Crippen molar-refractivity contribution in [2.75, 3.05) is 5.75 Å². The highest BCUT2D eigenvalue weighted by molar-refractivity contribution is 8.13. The van der Waals surface area contributed by atoms with Gasteiger partial charge in [-0.3, -0.25) is 19.1 Å². The third kappa shape index (κ3) is 3.42. The molecule has 114 valence electrons. The molecule has 1 aromatic rings. The van der Waals surface area contributed by atoms with E-state index in [1.807, 2.05) is 0 Å². The van der Waals surface area contributed by atoms with Crippen LogP contribution in [0.4, 0.5) is 0 Å². The predicted molar refractivity (Wildman–Crippen MR) is 76.9 cm³/mol. The molecule has 1 saturated heterocycles. The number of carbonyl (C=O) groups is 1. The van der Waals surface area contributed by atoms with E-state index in [2.05, 4.69) is 10.1 Å². The molecule has 8 nitrogen and oxygen atoms in total. The molecule has 2 heterocycles. The van der Waals surface area contributed by atoms with E-state index in [0.717, 1.165) is 11.8 Å². The fourth-order valence-electron chi connectivity index (χ4n) is 2.02. The van der Waals surface area contributed by atoms with Crippen molar-refractivity contribution in [3.63, 3.8) is 0 Å². The zero-order valence-electron chi connectivity index (χ0n) is 11.5. The van der Waals surface area contributed by atoms with Gasteiger partial charge in [-0.1, -0.05) is 16.9 Å². The Bertz CT molecular complexity index is 693. The second-order valence-electron chi connectivity index (χ2n) is 4.66. The molecule has 2 rings (SSSR count). The van der Waals surface area contributed by atoms with E-state index in [-0.39, 0.29) is 11.5 Å². The van der Waals surface area contributed by atoms with E-state index in [1.54, 1.807) is 6.92 Å². The normalized spacial score (nSPS) is 23.6. The summed E-state index contributed by atoms with van der Waals surface area (Å²) in [5.74, 6) is 0.308. The molecule has 2 unspecified atom stereocenters. The van der Waals surface area contributed by atoms with Gasteiger partial charge in [0.05, 0.1) is 5.71 Å². The van der Waals surface area contributed by atoms with E-state index in [9.17, 15) is 14.4 Å². The Hall–Kier alpha value is -1.87. The number of thioether (sulfide) groups is 1. The highest BCUT2D eigenvalue weighted by Gasteiger charge is 2.34. The fourth-order valence-corrected chi connectivity index (χ4v) is 2.68. The van der Waals surface area contributed by atoms with Crippen LogP contribution >= 0.6 is 11.8 Å². The van der Waals surface area contributed by atoms with Gasteiger partial charge < -0.3 is 9.94 Å². The van der Waals surface area contributed by atoms with E-state index in [4.69, 9.17) is 9.94 Å². The molecule has 1 aliphatic rings. The molecule has 2 atom stereocenters. The lowest BCUT2D eigenvalue weighted by molar-refractivity contribution is -0.109. The monoisotopic (exact) mass is 313 g/mol. The first-order chi connectivity index (χ1) is 9.92. The molecule has 1 fully saturated rings. The van der Waals surface area contributed by atoms with Crippen molar-refractivity contribution in [3.05, 3.63) is 32.6 Å². The SMILES string of the molecule is CC(=O)SCC1OC(n2cc(C)c(=O)[nH]c2=O)CC1=NO. The van der Waals surface area contributed by atoms with Gasteiger partial charge in [-0.2, -0.15) is 0 Å². The fraction of sp³-hybridized carbons (Fsp3) is 0.500. The van der Waals surface area contributed by atoms with Crippen LogP contribution in [0.2, 0.25) is 0 Å². The van der Waals surface area contributed by atoms with Crippen LogP contribution < -0.4 is 11.2 Å². The molecule has 0 radical (unpaired) electrons. The molecule has 0 bridgehead atoms. The third-order valence-electron chi connectivity index (χ3n) is 3.10. The molecule has 1 aromatic heterocycles. The van der Waals surface area contributed by atoms with Crippen molar-refractivity contribution >= 4 is 22.6 Å². The highest BCUT2D eigenvalue weighted by Crippen LogP contribution is 2.27. The Kier molecular flexibility index (Phi) is 4.63. The molecular formula is C12H15N3O5S. The van der Waals surface area contributed by atoms with Crippen LogP contribution in [-0.4, -0.2) is 37.4 Å². The Morgan fingerprint density at radius 2 is 2.33 bits per heavy atom. The Balaban J connectivity index is 2.24. The molecule has 9 heteroatoms. The quantitative estimate of drug-likeness (QED) is 0.610. The Morgan fingerprint density at radius 3 is 2.95 bits per heavy atom. The number of nitrogens with zero attached hydrogens (tertiary/aromatic N) is 2. The van der Waals surface area contributed by atoms with E-state index >= 15 is 0 Å². The maximum atomic E-state index is 11.8. The lowest BCUT2D eigenvalue weighted by atomic mass is 10.2. The number of aromatic nitrogens is 2. The van der Waals surface area contributed by atoms with Gasteiger partial charge in [0.15, 0.2) is 5.12 Å². The summed E-state index contributed by atoms with van der Waals surface area (Å²) in [5, 5.41) is 12.1. The minimum atomic E-state index is -0.670. The van der Waals surface area contributed by atoms with Crippen molar-refractivity contribution in [2.45, 2.75) is 32.6 Å². The van der Waals surface area contributed by atoms with Crippen LogP contribution in [0.25, 0.3) is 0 Å². The van der Waals surface area contributed by atoms with Crippen LogP contribution in [0.15, 0.2) is 20.9 Å². The van der Waals surface area contributed by atoms with Gasteiger partial charge in [0.1, 0.15) is 12.3 Å². The summed E-state index contributed by atoms with van der Waals surface area (Å²) in [6.45, 7) is 3.01. The topological polar surface area (TPSA) is 114 Å². The summed E-state index contributed by atoms with van der Waals surface area (Å²) in [5.41, 5.74) is -0.298. The number of aryl methyl sites for hydroxylation is 1. The predicted octanol–water partition coefficient (Wildman–Crippen LogP) is 0.242. The average Bonchev–Trinajstić information content (AvgIpc) is 2.83. The van der Waals surface area contributed by atoms with E-state index in [1.165, 1.54) is 17.7 Å². The summed E-state index contributed by atoms with van der Waals surface area (Å²) in [6.07, 6.45) is 0.399. The van der Waals surface area contributed by atoms with Gasteiger partial charge in [0.2, 0.25) is 0 Å². The lowest BCUT2D eigenvalue weighted by Gasteiger charge is -2.14. The molecule has 0 aliphatic carbocycles. The first-order valence-corrected chi connectivity index (χ1v) is 7.22. The second kappa shape index (κ2) is 6.27. The largest absolute Gasteiger partial charge is 0.411 e. The molecule has 0 spiro atoms. The zero-order valence-corrected chi connectivity index (χ0v) is 12.3. The van der Waals surface area contributed by atoms with Crippen LogP contribution in [0, 0.1) is 6.92 Å². The van der Waals surface area contributed by atoms with Crippen molar-refractivity contribution in [1.82, 2.24) is 9.55 Å². The molecule has 1 aliphatic heterocycles. The van der Waals surface area contributed by atoms with Crippen molar-refractivity contribution < 1.29 is 14.7 Å². The number of nitrogens with one attached hydrogen (secondary N) is 1. The van der Waals surface area contributed by atoms with Crippen LogP contribution in [0.5, 0.6) is 0 Å². The molecular weight excluding hydrogens is 298 g/mol. The summed E-state index contributed by atoms with van der Waals surface area (Å²) >= 11 is 1.05. The van der Waals surface area contributed by atoms with Gasteiger partial charge in [-0.05, 0) is 6.92 Å². The van der Waals surface area contributed by atoms with Crippen LogP contribution in [-0.2, 0) is 9.53 Å². The third-order valence-corrected chi connectivity index (χ3v) is 3.98. The number of hydrogen-bond acceptors (Lipinski definition) is 7. The number of oxime groups is 1. The molecule has 2 N–H and O–H groups in total. The summed E-state index contributed by atoms with van der Waals surface area (Å²) < 4.78 is 6.90. The Labute approximate surface area is 123 Å². The maximum absolute atomic E-state index is 11.8. The van der Waals surface area contributed by atoms with Crippen molar-refractivity contribution in [1.29, 1.82) is 0 Å². The highest BCUT2D eigenvalue weighted by atomic mass is 32.2. The summed E-state index contributed by atoms with van der Waals surface area (Å²) in [6, 6.07) is 0. The maximum Gasteiger partial charge on any atom is 0.330 e. The van der Waals surface area contributed by atoms with Gasteiger partial charge in [0, 0.05) is 30.9 Å². The van der Waals surface area contributed by atoms with Gasteiger partial charge in [-0.15, -0.1) is 0 Å².